The first-order valence-corrected chi connectivity index (χ1v) is 8.63. The van der Waals surface area contributed by atoms with Gasteiger partial charge in [0.05, 0.1) is 33.9 Å². The van der Waals surface area contributed by atoms with E-state index in [1.807, 2.05) is 0 Å². The molecule has 0 spiro atoms. The lowest BCUT2D eigenvalue weighted by Crippen LogP contribution is -2.38. The Balaban J connectivity index is 2.01. The highest BCUT2D eigenvalue weighted by atomic mass is 19.2. The van der Waals surface area contributed by atoms with E-state index in [9.17, 15) is 18.4 Å². The molecule has 0 unspecified atom stereocenters. The van der Waals surface area contributed by atoms with Crippen molar-refractivity contribution in [3.05, 3.63) is 53.1 Å². The molecule has 0 heterocycles. The number of hydrogen-bond donors (Lipinski definition) is 2. The van der Waals surface area contributed by atoms with Crippen molar-refractivity contribution in [2.45, 2.75) is 13.0 Å². The van der Waals surface area contributed by atoms with Crippen molar-refractivity contribution in [1.29, 1.82) is 0 Å². The van der Waals surface area contributed by atoms with Gasteiger partial charge >= 0.3 is 0 Å². The summed E-state index contributed by atoms with van der Waals surface area (Å²) in [6.45, 7) is 1.30. The fraction of sp³-hybridized carbons (Fsp3) is 0.300. The van der Waals surface area contributed by atoms with Crippen molar-refractivity contribution in [1.82, 2.24) is 10.6 Å². The summed E-state index contributed by atoms with van der Waals surface area (Å²) in [5.74, 6) is -2.06. The average Bonchev–Trinajstić information content (AvgIpc) is 2.72. The van der Waals surface area contributed by atoms with E-state index in [1.165, 1.54) is 39.5 Å². The molecule has 2 N–H and O–H groups in total. The first-order chi connectivity index (χ1) is 13.8. The van der Waals surface area contributed by atoms with Crippen LogP contribution in [0.25, 0.3) is 0 Å². The lowest BCUT2D eigenvalue weighted by molar-refractivity contribution is -0.120. The highest BCUT2D eigenvalue weighted by Crippen LogP contribution is 2.38. The summed E-state index contributed by atoms with van der Waals surface area (Å²) < 4.78 is 41.9. The topological polar surface area (TPSA) is 85.9 Å². The van der Waals surface area contributed by atoms with Crippen molar-refractivity contribution in [3.8, 4) is 17.2 Å². The Morgan fingerprint density at radius 3 is 2.10 bits per heavy atom. The maximum Gasteiger partial charge on any atom is 0.251 e. The van der Waals surface area contributed by atoms with Crippen molar-refractivity contribution >= 4 is 11.8 Å². The standard InChI is InChI=1S/C20H22F2N2O5/c1-11(12-5-6-14(21)15(22)7-12)24-18(25)10-23-20(26)13-8-16(27-2)19(29-4)17(9-13)28-3/h5-9,11H,10H2,1-4H3,(H,23,26)(H,24,25)/t11-/m0/s1. The number of carbonyl (C=O) groups is 2. The second-order valence-corrected chi connectivity index (χ2v) is 6.06. The third kappa shape index (κ3) is 5.34. The minimum Gasteiger partial charge on any atom is -0.493 e. The molecule has 0 fully saturated rings. The molecule has 2 aromatic carbocycles. The van der Waals surface area contributed by atoms with Gasteiger partial charge in [0.15, 0.2) is 23.1 Å². The molecule has 0 aromatic heterocycles. The summed E-state index contributed by atoms with van der Waals surface area (Å²) in [5, 5.41) is 5.08. The number of halogens is 2. The number of methoxy groups -OCH3 is 3. The van der Waals surface area contributed by atoms with Crippen LogP contribution in [0.15, 0.2) is 30.3 Å². The van der Waals surface area contributed by atoms with Crippen molar-refractivity contribution < 1.29 is 32.6 Å². The van der Waals surface area contributed by atoms with Gasteiger partial charge in [-0.05, 0) is 36.8 Å². The lowest BCUT2D eigenvalue weighted by atomic mass is 10.1. The second kappa shape index (κ2) is 9.72. The Labute approximate surface area is 167 Å². The number of carbonyl (C=O) groups excluding carboxylic acids is 2. The van der Waals surface area contributed by atoms with Crippen LogP contribution in [0.2, 0.25) is 0 Å². The quantitative estimate of drug-likeness (QED) is 0.701. The van der Waals surface area contributed by atoms with E-state index >= 15 is 0 Å². The van der Waals surface area contributed by atoms with E-state index in [2.05, 4.69) is 10.6 Å². The highest BCUT2D eigenvalue weighted by Gasteiger charge is 2.18. The minimum absolute atomic E-state index is 0.209. The van der Waals surface area contributed by atoms with E-state index in [4.69, 9.17) is 14.2 Å². The largest absolute Gasteiger partial charge is 0.493 e. The van der Waals surface area contributed by atoms with Gasteiger partial charge in [0.2, 0.25) is 11.7 Å². The Hall–Kier alpha value is -3.36. The molecule has 0 saturated carbocycles. The number of rotatable bonds is 8. The van der Waals surface area contributed by atoms with Crippen LogP contribution >= 0.6 is 0 Å². The fourth-order valence-corrected chi connectivity index (χ4v) is 2.63. The van der Waals surface area contributed by atoms with Gasteiger partial charge < -0.3 is 24.8 Å². The first kappa shape index (κ1) is 21.9. The van der Waals surface area contributed by atoms with Crippen LogP contribution < -0.4 is 24.8 Å². The average molecular weight is 408 g/mol. The molecule has 2 amide bonds. The summed E-state index contributed by atoms with van der Waals surface area (Å²) in [6.07, 6.45) is 0. The van der Waals surface area contributed by atoms with Gasteiger partial charge in [0.25, 0.3) is 5.91 Å². The summed E-state index contributed by atoms with van der Waals surface area (Å²) in [6, 6.07) is 5.71. The summed E-state index contributed by atoms with van der Waals surface area (Å²) >= 11 is 0. The molecule has 0 aliphatic carbocycles. The van der Waals surface area contributed by atoms with Gasteiger partial charge in [0, 0.05) is 5.56 Å². The maximum absolute atomic E-state index is 13.3. The molecule has 0 aliphatic rings. The van der Waals surface area contributed by atoms with E-state index in [1.54, 1.807) is 6.92 Å². The Kier molecular flexibility index (Phi) is 7.35. The number of nitrogens with one attached hydrogen (secondary N) is 2. The summed E-state index contributed by atoms with van der Waals surface area (Å²) in [5.41, 5.74) is 0.606. The predicted octanol–water partition coefficient (Wildman–Crippen LogP) is 2.60. The normalized spacial score (nSPS) is 11.4. The van der Waals surface area contributed by atoms with Crippen molar-refractivity contribution in [2.75, 3.05) is 27.9 Å². The van der Waals surface area contributed by atoms with Crippen LogP contribution in [0, 0.1) is 11.6 Å². The van der Waals surface area contributed by atoms with E-state index in [-0.39, 0.29) is 12.1 Å². The fourth-order valence-electron chi connectivity index (χ4n) is 2.63. The lowest BCUT2D eigenvalue weighted by Gasteiger charge is -2.16. The first-order valence-electron chi connectivity index (χ1n) is 8.63. The smallest absolute Gasteiger partial charge is 0.251 e. The molecular formula is C20H22F2N2O5. The van der Waals surface area contributed by atoms with Gasteiger partial charge in [-0.3, -0.25) is 9.59 Å². The van der Waals surface area contributed by atoms with Crippen LogP contribution in [0.3, 0.4) is 0 Å². The molecule has 9 heteroatoms. The molecule has 2 aromatic rings. The molecule has 29 heavy (non-hydrogen) atoms. The Bertz CT molecular complexity index is 879. The zero-order valence-corrected chi connectivity index (χ0v) is 16.5. The number of amides is 2. The van der Waals surface area contributed by atoms with Gasteiger partial charge in [-0.15, -0.1) is 0 Å². The summed E-state index contributed by atoms with van der Waals surface area (Å²) in [7, 11) is 4.29. The SMILES string of the molecule is COc1cc(C(=O)NCC(=O)N[C@@H](C)c2ccc(F)c(F)c2)cc(OC)c1OC. The van der Waals surface area contributed by atoms with Crippen LogP contribution in [0.4, 0.5) is 8.78 Å². The van der Waals surface area contributed by atoms with E-state index in [0.717, 1.165) is 12.1 Å². The van der Waals surface area contributed by atoms with Crippen LogP contribution in [0.1, 0.15) is 28.9 Å². The zero-order chi connectivity index (χ0) is 21.6. The highest BCUT2D eigenvalue weighted by molar-refractivity contribution is 5.97. The molecule has 1 atom stereocenters. The van der Waals surface area contributed by atoms with Gasteiger partial charge in [-0.25, -0.2) is 8.78 Å². The Morgan fingerprint density at radius 2 is 1.59 bits per heavy atom. The third-order valence-corrected chi connectivity index (χ3v) is 4.16. The Morgan fingerprint density at radius 1 is 0.966 bits per heavy atom. The van der Waals surface area contributed by atoms with Crippen LogP contribution in [-0.2, 0) is 4.79 Å². The second-order valence-electron chi connectivity index (χ2n) is 6.06. The molecule has 0 saturated heterocycles. The van der Waals surface area contributed by atoms with Gasteiger partial charge in [-0.1, -0.05) is 6.07 Å². The molecule has 0 aliphatic heterocycles. The third-order valence-electron chi connectivity index (χ3n) is 4.16. The van der Waals surface area contributed by atoms with Gasteiger partial charge in [-0.2, -0.15) is 0 Å². The number of hydrogen-bond acceptors (Lipinski definition) is 5. The molecular weight excluding hydrogens is 386 g/mol. The molecule has 7 nitrogen and oxygen atoms in total. The molecule has 2 rings (SSSR count). The zero-order valence-electron chi connectivity index (χ0n) is 16.5. The predicted molar refractivity (Wildman–Crippen MR) is 101 cm³/mol. The molecule has 0 radical (unpaired) electrons. The number of benzene rings is 2. The van der Waals surface area contributed by atoms with Crippen molar-refractivity contribution in [3.63, 3.8) is 0 Å². The van der Waals surface area contributed by atoms with Crippen molar-refractivity contribution in [2.24, 2.45) is 0 Å². The van der Waals surface area contributed by atoms with Gasteiger partial charge in [0.1, 0.15) is 0 Å². The minimum atomic E-state index is -1.00. The molecule has 0 bridgehead atoms. The van der Waals surface area contributed by atoms with E-state index < -0.39 is 29.5 Å². The molecule has 156 valence electrons. The monoisotopic (exact) mass is 408 g/mol. The van der Waals surface area contributed by atoms with Crippen LogP contribution in [0.5, 0.6) is 17.2 Å². The van der Waals surface area contributed by atoms with Crippen LogP contribution in [-0.4, -0.2) is 39.7 Å². The number of ether oxygens (including phenoxy) is 3. The van der Waals surface area contributed by atoms with E-state index in [0.29, 0.717) is 22.8 Å². The summed E-state index contributed by atoms with van der Waals surface area (Å²) in [4.78, 5) is 24.5. The maximum atomic E-state index is 13.3.